The highest BCUT2D eigenvalue weighted by atomic mass is 16.5. The van der Waals surface area contributed by atoms with Crippen molar-refractivity contribution < 1.29 is 19.7 Å². The third-order valence-corrected chi connectivity index (χ3v) is 3.07. The van der Waals surface area contributed by atoms with E-state index >= 15 is 0 Å². The molecular weight excluding hydrogens is 286 g/mol. The highest BCUT2D eigenvalue weighted by molar-refractivity contribution is 5.87. The molecule has 6 nitrogen and oxygen atoms in total. The van der Waals surface area contributed by atoms with Gasteiger partial charge in [0, 0.05) is 19.2 Å². The number of hydrogen-bond acceptors (Lipinski definition) is 4. The average molecular weight is 303 g/mol. The summed E-state index contributed by atoms with van der Waals surface area (Å²) in [5, 5.41) is 17.7. The SMILES string of the molecule is O=C(O)c1cccc(Cn2cccc(OCCCO)c2=O)c1. The summed E-state index contributed by atoms with van der Waals surface area (Å²) in [6, 6.07) is 9.71. The molecule has 2 rings (SSSR count). The topological polar surface area (TPSA) is 88.8 Å². The molecule has 0 unspecified atom stereocenters. The first-order valence-corrected chi connectivity index (χ1v) is 6.87. The van der Waals surface area contributed by atoms with Crippen molar-refractivity contribution >= 4 is 5.97 Å². The predicted molar refractivity (Wildman–Crippen MR) is 80.4 cm³/mol. The van der Waals surface area contributed by atoms with Gasteiger partial charge in [0.1, 0.15) is 0 Å². The summed E-state index contributed by atoms with van der Waals surface area (Å²) in [5.74, 6) is -0.791. The lowest BCUT2D eigenvalue weighted by atomic mass is 10.1. The number of benzene rings is 1. The van der Waals surface area contributed by atoms with Crippen LogP contribution in [0.1, 0.15) is 22.3 Å². The molecule has 2 aromatic rings. The predicted octanol–water partition coefficient (Wildman–Crippen LogP) is 1.36. The number of nitrogens with zero attached hydrogens (tertiary/aromatic N) is 1. The van der Waals surface area contributed by atoms with Gasteiger partial charge in [-0.05, 0) is 29.8 Å². The van der Waals surface area contributed by atoms with E-state index in [1.807, 2.05) is 0 Å². The Hall–Kier alpha value is -2.60. The van der Waals surface area contributed by atoms with Crippen LogP contribution in [0.5, 0.6) is 5.75 Å². The Morgan fingerprint density at radius 3 is 2.77 bits per heavy atom. The van der Waals surface area contributed by atoms with E-state index in [-0.39, 0.29) is 36.6 Å². The monoisotopic (exact) mass is 303 g/mol. The second-order valence-corrected chi connectivity index (χ2v) is 4.74. The van der Waals surface area contributed by atoms with Gasteiger partial charge in [-0.25, -0.2) is 4.79 Å². The Labute approximate surface area is 127 Å². The highest BCUT2D eigenvalue weighted by Crippen LogP contribution is 2.08. The van der Waals surface area contributed by atoms with Crippen molar-refractivity contribution in [1.29, 1.82) is 0 Å². The number of aliphatic hydroxyl groups is 1. The zero-order valence-corrected chi connectivity index (χ0v) is 11.9. The molecule has 0 bridgehead atoms. The van der Waals surface area contributed by atoms with Crippen molar-refractivity contribution in [3.63, 3.8) is 0 Å². The van der Waals surface area contributed by atoms with E-state index in [4.69, 9.17) is 14.9 Å². The van der Waals surface area contributed by atoms with Gasteiger partial charge < -0.3 is 19.5 Å². The van der Waals surface area contributed by atoms with Crippen LogP contribution in [0.3, 0.4) is 0 Å². The number of carboxylic acids is 1. The number of carboxylic acid groups (broad SMARTS) is 1. The first kappa shape index (κ1) is 15.8. The van der Waals surface area contributed by atoms with Crippen molar-refractivity contribution in [2.45, 2.75) is 13.0 Å². The third-order valence-electron chi connectivity index (χ3n) is 3.07. The summed E-state index contributed by atoms with van der Waals surface area (Å²) in [5.41, 5.74) is 0.608. The first-order chi connectivity index (χ1) is 10.6. The summed E-state index contributed by atoms with van der Waals surface area (Å²) in [7, 11) is 0. The highest BCUT2D eigenvalue weighted by Gasteiger charge is 2.07. The fourth-order valence-corrected chi connectivity index (χ4v) is 2.00. The normalized spacial score (nSPS) is 10.4. The van der Waals surface area contributed by atoms with Crippen LogP contribution >= 0.6 is 0 Å². The molecule has 0 spiro atoms. The molecule has 0 saturated heterocycles. The molecule has 0 atom stereocenters. The lowest BCUT2D eigenvalue weighted by Crippen LogP contribution is -2.22. The van der Waals surface area contributed by atoms with E-state index in [1.54, 1.807) is 30.5 Å². The van der Waals surface area contributed by atoms with Crippen LogP contribution in [0.15, 0.2) is 47.4 Å². The van der Waals surface area contributed by atoms with Gasteiger partial charge in [0.2, 0.25) is 0 Å². The van der Waals surface area contributed by atoms with Crippen molar-refractivity contribution in [2.75, 3.05) is 13.2 Å². The van der Waals surface area contributed by atoms with Crippen molar-refractivity contribution in [3.8, 4) is 5.75 Å². The molecular formula is C16H17NO5. The lowest BCUT2D eigenvalue weighted by Gasteiger charge is -2.09. The Morgan fingerprint density at radius 2 is 2.05 bits per heavy atom. The molecule has 116 valence electrons. The van der Waals surface area contributed by atoms with Crippen LogP contribution in [-0.4, -0.2) is 34.0 Å². The van der Waals surface area contributed by atoms with Crippen molar-refractivity contribution in [1.82, 2.24) is 4.57 Å². The standard InChI is InChI=1S/C16H17NO5/c18-8-3-9-22-14-6-2-7-17(15(14)19)11-12-4-1-5-13(10-12)16(20)21/h1-2,4-7,10,18H,3,8-9,11H2,(H,20,21). The summed E-state index contributed by atoms with van der Waals surface area (Å²) in [4.78, 5) is 23.2. The van der Waals surface area contributed by atoms with Crippen molar-refractivity contribution in [3.05, 3.63) is 64.1 Å². The van der Waals surface area contributed by atoms with Crippen LogP contribution in [0, 0.1) is 0 Å². The third kappa shape index (κ3) is 3.95. The molecule has 0 aliphatic carbocycles. The maximum Gasteiger partial charge on any atom is 0.335 e. The number of pyridine rings is 1. The van der Waals surface area contributed by atoms with E-state index in [0.29, 0.717) is 6.42 Å². The van der Waals surface area contributed by atoms with Gasteiger partial charge >= 0.3 is 5.97 Å². The smallest absolute Gasteiger partial charge is 0.335 e. The number of hydrogen-bond donors (Lipinski definition) is 2. The fourth-order valence-electron chi connectivity index (χ4n) is 2.00. The summed E-state index contributed by atoms with van der Waals surface area (Å²) >= 11 is 0. The zero-order valence-electron chi connectivity index (χ0n) is 11.9. The zero-order chi connectivity index (χ0) is 15.9. The van der Waals surface area contributed by atoms with Crippen LogP contribution in [0.2, 0.25) is 0 Å². The van der Waals surface area contributed by atoms with Gasteiger partial charge in [0.25, 0.3) is 5.56 Å². The number of aliphatic hydroxyl groups excluding tert-OH is 1. The summed E-state index contributed by atoms with van der Waals surface area (Å²) in [6.07, 6.45) is 2.07. The number of aromatic nitrogens is 1. The minimum atomic E-state index is -1.00. The number of aromatic carboxylic acids is 1. The van der Waals surface area contributed by atoms with E-state index in [9.17, 15) is 9.59 Å². The van der Waals surface area contributed by atoms with Crippen LogP contribution in [0.25, 0.3) is 0 Å². The minimum Gasteiger partial charge on any atom is -0.488 e. The second-order valence-electron chi connectivity index (χ2n) is 4.74. The largest absolute Gasteiger partial charge is 0.488 e. The second kappa shape index (κ2) is 7.42. The Balaban J connectivity index is 2.19. The Bertz CT molecular complexity index is 708. The van der Waals surface area contributed by atoms with E-state index in [1.165, 1.54) is 16.7 Å². The van der Waals surface area contributed by atoms with Gasteiger partial charge in [-0.1, -0.05) is 12.1 Å². The molecule has 6 heteroatoms. The molecule has 2 N–H and O–H groups in total. The quantitative estimate of drug-likeness (QED) is 0.754. The maximum absolute atomic E-state index is 12.2. The van der Waals surface area contributed by atoms with E-state index < -0.39 is 5.97 Å². The summed E-state index contributed by atoms with van der Waals surface area (Å²) in [6.45, 7) is 0.532. The molecule has 0 aliphatic heterocycles. The molecule has 1 aromatic carbocycles. The first-order valence-electron chi connectivity index (χ1n) is 6.87. The van der Waals surface area contributed by atoms with Gasteiger partial charge in [0.05, 0.1) is 18.7 Å². The lowest BCUT2D eigenvalue weighted by molar-refractivity contribution is 0.0696. The van der Waals surface area contributed by atoms with Crippen LogP contribution in [0.4, 0.5) is 0 Å². The van der Waals surface area contributed by atoms with Gasteiger partial charge in [-0.2, -0.15) is 0 Å². The number of rotatable bonds is 7. The summed E-state index contributed by atoms with van der Waals surface area (Å²) < 4.78 is 6.78. The maximum atomic E-state index is 12.2. The van der Waals surface area contributed by atoms with Crippen LogP contribution < -0.4 is 10.3 Å². The molecule has 22 heavy (non-hydrogen) atoms. The van der Waals surface area contributed by atoms with Gasteiger partial charge in [-0.15, -0.1) is 0 Å². The minimum absolute atomic E-state index is 0.00298. The molecule has 1 heterocycles. The Kier molecular flexibility index (Phi) is 5.32. The molecule has 0 saturated carbocycles. The Morgan fingerprint density at radius 1 is 1.23 bits per heavy atom. The van der Waals surface area contributed by atoms with E-state index in [0.717, 1.165) is 5.56 Å². The van der Waals surface area contributed by atoms with Crippen molar-refractivity contribution in [2.24, 2.45) is 0 Å². The fraction of sp³-hybridized carbons (Fsp3) is 0.250. The number of ether oxygens (including phenoxy) is 1. The van der Waals surface area contributed by atoms with Gasteiger partial charge in [-0.3, -0.25) is 4.79 Å². The number of carbonyl (C=O) groups is 1. The van der Waals surface area contributed by atoms with E-state index in [2.05, 4.69) is 0 Å². The molecule has 0 fully saturated rings. The van der Waals surface area contributed by atoms with Crippen LogP contribution in [-0.2, 0) is 6.54 Å². The molecule has 1 aromatic heterocycles. The van der Waals surface area contributed by atoms with Gasteiger partial charge in [0.15, 0.2) is 5.75 Å². The average Bonchev–Trinajstić information content (AvgIpc) is 2.51. The molecule has 0 aliphatic rings. The molecule has 0 amide bonds. The molecule has 0 radical (unpaired) electrons.